The molecular weight excluding hydrogens is 238 g/mol. The van der Waals surface area contributed by atoms with Crippen molar-refractivity contribution in [2.24, 2.45) is 0 Å². The minimum Gasteiger partial charge on any atom is -0.319 e. The second-order valence-electron chi connectivity index (χ2n) is 4.78. The zero-order valence-electron chi connectivity index (χ0n) is 11.1. The monoisotopic (exact) mass is 259 g/mol. The van der Waals surface area contributed by atoms with Gasteiger partial charge >= 0.3 is 0 Å². The van der Waals surface area contributed by atoms with Gasteiger partial charge in [0.05, 0.1) is 0 Å². The second kappa shape index (κ2) is 6.72. The third-order valence-corrected chi connectivity index (χ3v) is 4.25. The highest BCUT2D eigenvalue weighted by atomic mass is 32.1. The molecule has 96 valence electrons. The summed E-state index contributed by atoms with van der Waals surface area (Å²) in [4.78, 5) is 1.49. The van der Waals surface area contributed by atoms with Gasteiger partial charge in [0.15, 0.2) is 0 Å². The predicted molar refractivity (Wildman–Crippen MR) is 80.5 cm³/mol. The first-order valence-electron chi connectivity index (χ1n) is 6.53. The number of benzene rings is 1. The van der Waals surface area contributed by atoms with Crippen molar-refractivity contribution in [3.05, 3.63) is 57.8 Å². The van der Waals surface area contributed by atoms with Crippen LogP contribution in [0.15, 0.2) is 41.8 Å². The van der Waals surface area contributed by atoms with Crippen LogP contribution in [-0.2, 0) is 6.42 Å². The lowest BCUT2D eigenvalue weighted by Crippen LogP contribution is -2.17. The van der Waals surface area contributed by atoms with E-state index in [2.05, 4.69) is 54.0 Å². The van der Waals surface area contributed by atoms with Gasteiger partial charge in [0, 0.05) is 11.4 Å². The zero-order valence-corrected chi connectivity index (χ0v) is 12.0. The Labute approximate surface area is 114 Å². The average Bonchev–Trinajstić information content (AvgIpc) is 2.89. The fourth-order valence-corrected chi connectivity index (χ4v) is 2.97. The van der Waals surface area contributed by atoms with Crippen molar-refractivity contribution in [1.29, 1.82) is 0 Å². The summed E-state index contributed by atoms with van der Waals surface area (Å²) in [6, 6.07) is 13.3. The lowest BCUT2D eigenvalue weighted by molar-refractivity contribution is 0.586. The summed E-state index contributed by atoms with van der Waals surface area (Å²) >= 11 is 1.86. The van der Waals surface area contributed by atoms with Crippen LogP contribution in [0.4, 0.5) is 0 Å². The lowest BCUT2D eigenvalue weighted by Gasteiger charge is -2.17. The molecule has 0 aliphatic carbocycles. The summed E-state index contributed by atoms with van der Waals surface area (Å²) in [5.74, 6) is 0.609. The second-order valence-corrected chi connectivity index (χ2v) is 5.82. The molecule has 0 spiro atoms. The normalized spacial score (nSPS) is 12.6. The van der Waals surface area contributed by atoms with E-state index in [1.165, 1.54) is 28.8 Å². The SMILES string of the molecule is CNCC(CCc1cccs1)c1ccc(C)cc1. The Kier molecular flexibility index (Phi) is 4.97. The van der Waals surface area contributed by atoms with Crippen LogP contribution in [0.25, 0.3) is 0 Å². The van der Waals surface area contributed by atoms with Gasteiger partial charge < -0.3 is 5.32 Å². The molecule has 1 aromatic heterocycles. The summed E-state index contributed by atoms with van der Waals surface area (Å²) < 4.78 is 0. The molecule has 1 heterocycles. The molecule has 2 rings (SSSR count). The van der Waals surface area contributed by atoms with Crippen molar-refractivity contribution in [2.45, 2.75) is 25.7 Å². The standard InChI is InChI=1S/C16H21NS/c1-13-5-7-14(8-6-13)15(12-17-2)9-10-16-4-3-11-18-16/h3-8,11,15,17H,9-10,12H2,1-2H3. The van der Waals surface area contributed by atoms with E-state index in [-0.39, 0.29) is 0 Å². The van der Waals surface area contributed by atoms with E-state index in [1.54, 1.807) is 0 Å². The fraction of sp³-hybridized carbons (Fsp3) is 0.375. The predicted octanol–water partition coefficient (Wildman–Crippen LogP) is 3.99. The van der Waals surface area contributed by atoms with Crippen molar-refractivity contribution in [3.8, 4) is 0 Å². The number of nitrogens with one attached hydrogen (secondary N) is 1. The van der Waals surface area contributed by atoms with Gasteiger partial charge in [-0.15, -0.1) is 11.3 Å². The summed E-state index contributed by atoms with van der Waals surface area (Å²) in [5.41, 5.74) is 2.78. The Morgan fingerprint density at radius 2 is 1.94 bits per heavy atom. The highest BCUT2D eigenvalue weighted by Crippen LogP contribution is 2.23. The molecule has 2 aromatic rings. The van der Waals surface area contributed by atoms with E-state index in [9.17, 15) is 0 Å². The minimum atomic E-state index is 0.609. The lowest BCUT2D eigenvalue weighted by atomic mass is 9.93. The minimum absolute atomic E-state index is 0.609. The highest BCUT2D eigenvalue weighted by Gasteiger charge is 2.10. The molecule has 0 aliphatic rings. The van der Waals surface area contributed by atoms with Crippen LogP contribution in [0.3, 0.4) is 0 Å². The van der Waals surface area contributed by atoms with Crippen molar-refractivity contribution < 1.29 is 0 Å². The number of hydrogen-bond donors (Lipinski definition) is 1. The molecule has 1 nitrogen and oxygen atoms in total. The van der Waals surface area contributed by atoms with E-state index < -0.39 is 0 Å². The maximum Gasteiger partial charge on any atom is 0.00454 e. The number of hydrogen-bond acceptors (Lipinski definition) is 2. The van der Waals surface area contributed by atoms with Gasteiger partial charge in [-0.3, -0.25) is 0 Å². The van der Waals surface area contributed by atoms with Crippen molar-refractivity contribution >= 4 is 11.3 Å². The zero-order chi connectivity index (χ0) is 12.8. The topological polar surface area (TPSA) is 12.0 Å². The van der Waals surface area contributed by atoms with Gasteiger partial charge in [-0.2, -0.15) is 0 Å². The molecule has 0 saturated carbocycles. The van der Waals surface area contributed by atoms with Crippen molar-refractivity contribution in [3.63, 3.8) is 0 Å². The van der Waals surface area contributed by atoms with Crippen LogP contribution in [0.1, 0.15) is 28.3 Å². The molecule has 18 heavy (non-hydrogen) atoms. The Balaban J connectivity index is 2.01. The quantitative estimate of drug-likeness (QED) is 0.827. The molecule has 1 aromatic carbocycles. The van der Waals surface area contributed by atoms with E-state index in [4.69, 9.17) is 0 Å². The maximum atomic E-state index is 3.31. The fourth-order valence-electron chi connectivity index (χ4n) is 2.24. The van der Waals surface area contributed by atoms with Gasteiger partial charge in [-0.1, -0.05) is 35.9 Å². The largest absolute Gasteiger partial charge is 0.319 e. The number of aryl methyl sites for hydroxylation is 2. The summed E-state index contributed by atoms with van der Waals surface area (Å²) in [5, 5.41) is 5.48. The van der Waals surface area contributed by atoms with E-state index >= 15 is 0 Å². The van der Waals surface area contributed by atoms with E-state index in [0.717, 1.165) is 6.54 Å². The van der Waals surface area contributed by atoms with Crippen molar-refractivity contribution in [1.82, 2.24) is 5.32 Å². The Hall–Kier alpha value is -1.12. The number of rotatable bonds is 6. The molecule has 0 bridgehead atoms. The third-order valence-electron chi connectivity index (χ3n) is 3.32. The first kappa shape index (κ1) is 13.3. The molecule has 0 fully saturated rings. The van der Waals surface area contributed by atoms with Gasteiger partial charge in [0.1, 0.15) is 0 Å². The molecule has 0 radical (unpaired) electrons. The molecule has 1 N–H and O–H groups in total. The molecule has 1 unspecified atom stereocenters. The van der Waals surface area contributed by atoms with Gasteiger partial charge in [-0.25, -0.2) is 0 Å². The van der Waals surface area contributed by atoms with E-state index in [0.29, 0.717) is 5.92 Å². The van der Waals surface area contributed by atoms with Gasteiger partial charge in [-0.05, 0) is 49.7 Å². The van der Waals surface area contributed by atoms with Crippen LogP contribution in [0, 0.1) is 6.92 Å². The Morgan fingerprint density at radius 1 is 1.17 bits per heavy atom. The first-order chi connectivity index (χ1) is 8.79. The smallest absolute Gasteiger partial charge is 0.00454 e. The number of likely N-dealkylation sites (N-methyl/N-ethyl adjacent to an activating group) is 1. The van der Waals surface area contributed by atoms with Gasteiger partial charge in [0.25, 0.3) is 0 Å². The van der Waals surface area contributed by atoms with Crippen LogP contribution in [0.2, 0.25) is 0 Å². The third kappa shape index (κ3) is 3.69. The summed E-state index contributed by atoms with van der Waals surface area (Å²) in [6.45, 7) is 3.19. The maximum absolute atomic E-state index is 3.31. The molecule has 0 saturated heterocycles. The average molecular weight is 259 g/mol. The molecule has 1 atom stereocenters. The van der Waals surface area contributed by atoms with Crippen LogP contribution in [-0.4, -0.2) is 13.6 Å². The Bertz CT molecular complexity index is 444. The molecule has 2 heteroatoms. The van der Waals surface area contributed by atoms with Crippen molar-refractivity contribution in [2.75, 3.05) is 13.6 Å². The Morgan fingerprint density at radius 3 is 2.56 bits per heavy atom. The molecular formula is C16H21NS. The summed E-state index contributed by atoms with van der Waals surface area (Å²) in [6.07, 6.45) is 2.39. The van der Waals surface area contributed by atoms with Crippen LogP contribution in [0.5, 0.6) is 0 Å². The van der Waals surface area contributed by atoms with Crippen LogP contribution >= 0.6 is 11.3 Å². The van der Waals surface area contributed by atoms with Gasteiger partial charge in [0.2, 0.25) is 0 Å². The van der Waals surface area contributed by atoms with Crippen LogP contribution < -0.4 is 5.32 Å². The molecule has 0 aliphatic heterocycles. The molecule has 0 amide bonds. The van der Waals surface area contributed by atoms with E-state index in [1.807, 2.05) is 18.4 Å². The number of thiophene rings is 1. The summed E-state index contributed by atoms with van der Waals surface area (Å²) in [7, 11) is 2.03. The first-order valence-corrected chi connectivity index (χ1v) is 7.41. The highest BCUT2D eigenvalue weighted by molar-refractivity contribution is 7.09.